The molecule has 1 aliphatic heterocycles. The molecule has 10 nitrogen and oxygen atoms in total. The van der Waals surface area contributed by atoms with Crippen molar-refractivity contribution in [3.8, 4) is 16.9 Å². The third kappa shape index (κ3) is 4.18. The molecule has 5 rings (SSSR count). The van der Waals surface area contributed by atoms with Gasteiger partial charge < -0.3 is 5.32 Å². The van der Waals surface area contributed by atoms with Crippen LogP contribution >= 0.6 is 0 Å². The Labute approximate surface area is 204 Å². The number of non-ortho nitro benzene ring substituents is 1. The van der Waals surface area contributed by atoms with Gasteiger partial charge in [-0.05, 0) is 23.8 Å². The fraction of sp³-hybridized carbons (Fsp3) is 0.0385. The zero-order valence-corrected chi connectivity index (χ0v) is 18.8. The molecular weight excluding hydrogens is 462 g/mol. The number of nitro benzene ring substituents is 1. The van der Waals surface area contributed by atoms with Crippen LogP contribution in [0.15, 0.2) is 95.4 Å². The first-order valence-corrected chi connectivity index (χ1v) is 11.0. The highest BCUT2D eigenvalue weighted by molar-refractivity contribution is 6.14. The minimum Gasteiger partial charge on any atom is -0.303 e. The Hall–Kier alpha value is -5.25. The predicted molar refractivity (Wildman–Crippen MR) is 132 cm³/mol. The molecule has 36 heavy (non-hydrogen) atoms. The van der Waals surface area contributed by atoms with Crippen LogP contribution in [0.25, 0.3) is 23.0 Å². The van der Waals surface area contributed by atoms with Gasteiger partial charge in [0.2, 0.25) is 0 Å². The monoisotopic (exact) mass is 481 g/mol. The normalized spacial score (nSPS) is 14.3. The first-order chi connectivity index (χ1) is 17.4. The van der Waals surface area contributed by atoms with Crippen molar-refractivity contribution in [2.75, 3.05) is 0 Å². The number of urea groups is 1. The number of para-hydroxylation sites is 1. The fourth-order valence-electron chi connectivity index (χ4n) is 3.93. The van der Waals surface area contributed by atoms with E-state index in [0.29, 0.717) is 16.9 Å². The molecule has 0 spiro atoms. The number of benzene rings is 3. The lowest BCUT2D eigenvalue weighted by atomic mass is 10.1. The maximum atomic E-state index is 13.4. The number of carbonyl (C=O) groups is 2. The zero-order valence-electron chi connectivity index (χ0n) is 18.8. The Morgan fingerprint density at radius 1 is 0.861 bits per heavy atom. The van der Waals surface area contributed by atoms with Gasteiger partial charge in [-0.25, -0.2) is 9.48 Å². The Kier molecular flexibility index (Phi) is 5.75. The molecule has 3 aromatic carbocycles. The molecule has 2 heterocycles. The number of hydrogen-bond donors (Lipinski definition) is 2. The molecule has 1 aromatic heterocycles. The summed E-state index contributed by atoms with van der Waals surface area (Å²) in [5.74, 6) is -0.607. The summed E-state index contributed by atoms with van der Waals surface area (Å²) >= 11 is 0. The second-order valence-corrected chi connectivity index (χ2v) is 8.05. The molecule has 0 unspecified atom stereocenters. The van der Waals surface area contributed by atoms with Gasteiger partial charge in [-0.15, -0.1) is 0 Å². The van der Waals surface area contributed by atoms with E-state index in [-0.39, 0.29) is 29.1 Å². The van der Waals surface area contributed by atoms with Crippen LogP contribution < -0.4 is 10.9 Å². The van der Waals surface area contributed by atoms with Gasteiger partial charge in [0.1, 0.15) is 5.70 Å². The summed E-state index contributed by atoms with van der Waals surface area (Å²) < 4.78 is 1.38. The van der Waals surface area contributed by atoms with E-state index < -0.39 is 16.9 Å². The second-order valence-electron chi connectivity index (χ2n) is 8.05. The Morgan fingerprint density at radius 3 is 2.14 bits per heavy atom. The number of aromatic nitrogens is 2. The van der Waals surface area contributed by atoms with Crippen molar-refractivity contribution < 1.29 is 14.5 Å². The Bertz CT molecular complexity index is 1550. The molecule has 0 bridgehead atoms. The lowest BCUT2D eigenvalue weighted by Crippen LogP contribution is -2.30. The van der Waals surface area contributed by atoms with Crippen LogP contribution in [-0.4, -0.2) is 31.5 Å². The summed E-state index contributed by atoms with van der Waals surface area (Å²) in [6.07, 6.45) is 1.37. The average molecular weight is 481 g/mol. The van der Waals surface area contributed by atoms with E-state index in [4.69, 9.17) is 0 Å². The number of aromatic amines is 1. The first-order valence-electron chi connectivity index (χ1n) is 11.0. The quantitative estimate of drug-likeness (QED) is 0.187. The maximum absolute atomic E-state index is 13.4. The highest BCUT2D eigenvalue weighted by Crippen LogP contribution is 2.24. The highest BCUT2D eigenvalue weighted by atomic mass is 16.6. The topological polar surface area (TPSA) is 130 Å². The smallest absolute Gasteiger partial charge is 0.303 e. The van der Waals surface area contributed by atoms with Crippen LogP contribution in [0.2, 0.25) is 0 Å². The molecule has 1 fully saturated rings. The standard InChI is InChI=1S/C26H19N5O5/c32-24-21(23(18-7-3-1-4-8-18)28-30(24)19-9-5-2-6-10-19)15-22-25(33)29(26(34)27-22)16-17-11-13-20(14-12-17)31(35)36/h1-15,28H,16H2,(H,27,34)/b22-15-. The minimum absolute atomic E-state index is 0.0459. The highest BCUT2D eigenvalue weighted by Gasteiger charge is 2.34. The van der Waals surface area contributed by atoms with Crippen LogP contribution in [0, 0.1) is 10.1 Å². The Balaban J connectivity index is 1.51. The summed E-state index contributed by atoms with van der Waals surface area (Å²) in [7, 11) is 0. The van der Waals surface area contributed by atoms with E-state index in [9.17, 15) is 24.5 Å². The number of nitro groups is 1. The van der Waals surface area contributed by atoms with E-state index >= 15 is 0 Å². The van der Waals surface area contributed by atoms with Crippen LogP contribution in [0.4, 0.5) is 10.5 Å². The second kappa shape index (κ2) is 9.18. The summed E-state index contributed by atoms with van der Waals surface area (Å²) in [5, 5.41) is 16.5. The molecule has 2 N–H and O–H groups in total. The van der Waals surface area contributed by atoms with Crippen LogP contribution in [0.3, 0.4) is 0 Å². The molecular formula is C26H19N5O5. The van der Waals surface area contributed by atoms with Gasteiger partial charge in [0, 0.05) is 17.7 Å². The van der Waals surface area contributed by atoms with E-state index in [1.54, 1.807) is 24.3 Å². The number of hydrogen-bond acceptors (Lipinski definition) is 5. The maximum Gasteiger partial charge on any atom is 0.329 e. The summed E-state index contributed by atoms with van der Waals surface area (Å²) in [6.45, 7) is -0.0765. The third-order valence-corrected chi connectivity index (χ3v) is 5.74. The molecule has 0 saturated carbocycles. The molecule has 0 radical (unpaired) electrons. The molecule has 10 heteroatoms. The number of carbonyl (C=O) groups excluding carboxylic acids is 2. The molecule has 4 aromatic rings. The van der Waals surface area contributed by atoms with Gasteiger partial charge in [-0.2, -0.15) is 0 Å². The number of imide groups is 1. The molecule has 0 aliphatic carbocycles. The van der Waals surface area contributed by atoms with Gasteiger partial charge in [0.15, 0.2) is 0 Å². The van der Waals surface area contributed by atoms with E-state index in [0.717, 1.165) is 10.5 Å². The van der Waals surface area contributed by atoms with E-state index in [2.05, 4.69) is 10.4 Å². The van der Waals surface area contributed by atoms with Crippen molar-refractivity contribution in [2.45, 2.75) is 6.54 Å². The molecule has 3 amide bonds. The lowest BCUT2D eigenvalue weighted by molar-refractivity contribution is -0.384. The van der Waals surface area contributed by atoms with Gasteiger partial charge in [0.25, 0.3) is 17.2 Å². The molecule has 0 atom stereocenters. The number of rotatable bonds is 6. The minimum atomic E-state index is -0.648. The van der Waals surface area contributed by atoms with Crippen molar-refractivity contribution in [1.82, 2.24) is 20.0 Å². The van der Waals surface area contributed by atoms with Gasteiger partial charge in [-0.3, -0.25) is 29.7 Å². The first kappa shape index (κ1) is 22.5. The van der Waals surface area contributed by atoms with E-state index in [1.807, 2.05) is 36.4 Å². The van der Waals surface area contributed by atoms with Crippen LogP contribution in [0.5, 0.6) is 0 Å². The van der Waals surface area contributed by atoms with Crippen LogP contribution in [-0.2, 0) is 11.3 Å². The van der Waals surface area contributed by atoms with Gasteiger partial charge in [-0.1, -0.05) is 60.7 Å². The largest absolute Gasteiger partial charge is 0.329 e. The van der Waals surface area contributed by atoms with Gasteiger partial charge >= 0.3 is 6.03 Å². The SMILES string of the molecule is O=C1N/C(=C\c2c(-c3ccccc3)[nH]n(-c3ccccc3)c2=O)C(=O)N1Cc1ccc([N+](=O)[O-])cc1. The zero-order chi connectivity index (χ0) is 25.2. The third-order valence-electron chi connectivity index (χ3n) is 5.74. The average Bonchev–Trinajstić information content (AvgIpc) is 3.36. The van der Waals surface area contributed by atoms with Crippen molar-refractivity contribution in [3.63, 3.8) is 0 Å². The van der Waals surface area contributed by atoms with Crippen molar-refractivity contribution in [1.29, 1.82) is 0 Å². The summed E-state index contributed by atoms with van der Waals surface area (Å²) in [6, 6.07) is 23.1. The van der Waals surface area contributed by atoms with Crippen molar-refractivity contribution in [3.05, 3.63) is 122 Å². The van der Waals surface area contributed by atoms with Crippen molar-refractivity contribution in [2.24, 2.45) is 0 Å². The fourth-order valence-corrected chi connectivity index (χ4v) is 3.93. The summed E-state index contributed by atoms with van der Waals surface area (Å²) in [5.41, 5.74) is 2.08. The predicted octanol–water partition coefficient (Wildman–Crippen LogP) is 3.83. The van der Waals surface area contributed by atoms with E-state index in [1.165, 1.54) is 35.0 Å². The lowest BCUT2D eigenvalue weighted by Gasteiger charge is -2.11. The number of amides is 3. The van der Waals surface area contributed by atoms with Crippen molar-refractivity contribution >= 4 is 23.7 Å². The molecule has 1 saturated heterocycles. The Morgan fingerprint density at radius 2 is 1.50 bits per heavy atom. The van der Waals surface area contributed by atoms with Gasteiger partial charge in [0.05, 0.1) is 28.4 Å². The number of H-pyrrole nitrogens is 1. The number of nitrogens with one attached hydrogen (secondary N) is 2. The molecule has 1 aliphatic rings. The number of nitrogens with zero attached hydrogens (tertiary/aromatic N) is 3. The molecule has 178 valence electrons. The van der Waals surface area contributed by atoms with Crippen LogP contribution in [0.1, 0.15) is 11.1 Å². The summed E-state index contributed by atoms with van der Waals surface area (Å²) in [4.78, 5) is 50.4.